The van der Waals surface area contributed by atoms with Gasteiger partial charge in [0.25, 0.3) is 0 Å². The van der Waals surface area contributed by atoms with E-state index in [1.54, 1.807) is 65.5 Å². The highest BCUT2D eigenvalue weighted by molar-refractivity contribution is 6.03. The van der Waals surface area contributed by atoms with E-state index in [0.29, 0.717) is 23.9 Å². The Morgan fingerprint density at radius 2 is 2.07 bits per heavy atom. The van der Waals surface area contributed by atoms with Gasteiger partial charge >= 0.3 is 0 Å². The molecule has 9 nitrogen and oxygen atoms in total. The van der Waals surface area contributed by atoms with Crippen molar-refractivity contribution in [1.82, 2.24) is 19.7 Å². The molecule has 142 valence electrons. The summed E-state index contributed by atoms with van der Waals surface area (Å²) in [5, 5.41) is 6.87. The van der Waals surface area contributed by atoms with Gasteiger partial charge in [-0.05, 0) is 30.3 Å². The molecule has 1 atom stereocenters. The number of aromatic nitrogens is 4. The first-order valence-electron chi connectivity index (χ1n) is 8.71. The molecule has 0 radical (unpaired) electrons. The van der Waals surface area contributed by atoms with Crippen LogP contribution in [0.2, 0.25) is 0 Å². The third-order valence-corrected chi connectivity index (χ3v) is 4.52. The van der Waals surface area contributed by atoms with Crippen molar-refractivity contribution in [3.63, 3.8) is 0 Å². The van der Waals surface area contributed by atoms with Crippen LogP contribution >= 0.6 is 0 Å². The fourth-order valence-electron chi connectivity index (χ4n) is 3.07. The minimum absolute atomic E-state index is 0.0924. The molecule has 0 bridgehead atoms. The quantitative estimate of drug-likeness (QED) is 0.724. The average Bonchev–Trinajstić information content (AvgIpc) is 3.38. The van der Waals surface area contributed by atoms with Gasteiger partial charge in [-0.15, -0.1) is 0 Å². The van der Waals surface area contributed by atoms with E-state index in [1.807, 2.05) is 0 Å². The van der Waals surface area contributed by atoms with Crippen LogP contribution in [0.5, 0.6) is 5.75 Å². The number of hydrogen-bond donors (Lipinski definition) is 1. The molecule has 0 saturated carbocycles. The van der Waals surface area contributed by atoms with Gasteiger partial charge in [-0.25, -0.2) is 14.6 Å². The molecule has 0 aliphatic carbocycles. The molecule has 1 aliphatic rings. The SMILES string of the molecule is COc1ccc(N2CC(C(=O)Nc3cc(-n4cccn4)ncn3)CC2=O)cc1. The molecule has 1 aliphatic heterocycles. The summed E-state index contributed by atoms with van der Waals surface area (Å²) in [5.74, 6) is 0.803. The maximum absolute atomic E-state index is 12.6. The van der Waals surface area contributed by atoms with Crippen molar-refractivity contribution < 1.29 is 14.3 Å². The summed E-state index contributed by atoms with van der Waals surface area (Å²) in [4.78, 5) is 34.8. The predicted molar refractivity (Wildman–Crippen MR) is 101 cm³/mol. The average molecular weight is 378 g/mol. The number of nitrogens with zero attached hydrogens (tertiary/aromatic N) is 5. The van der Waals surface area contributed by atoms with Crippen LogP contribution in [-0.2, 0) is 9.59 Å². The Bertz CT molecular complexity index is 987. The lowest BCUT2D eigenvalue weighted by atomic mass is 10.1. The smallest absolute Gasteiger partial charge is 0.230 e. The zero-order chi connectivity index (χ0) is 19.5. The Morgan fingerprint density at radius 3 is 2.79 bits per heavy atom. The molecule has 1 unspecified atom stereocenters. The Balaban J connectivity index is 1.44. The van der Waals surface area contributed by atoms with Crippen molar-refractivity contribution in [2.45, 2.75) is 6.42 Å². The van der Waals surface area contributed by atoms with Crippen molar-refractivity contribution in [3.05, 3.63) is 55.1 Å². The Labute approximate surface area is 161 Å². The number of carbonyl (C=O) groups excluding carboxylic acids is 2. The van der Waals surface area contributed by atoms with Crippen LogP contribution in [0, 0.1) is 5.92 Å². The highest BCUT2D eigenvalue weighted by Crippen LogP contribution is 2.27. The van der Waals surface area contributed by atoms with Crippen molar-refractivity contribution >= 4 is 23.3 Å². The third kappa shape index (κ3) is 3.54. The van der Waals surface area contributed by atoms with E-state index in [4.69, 9.17) is 4.74 Å². The molecular formula is C19H18N6O3. The number of nitrogens with one attached hydrogen (secondary N) is 1. The summed E-state index contributed by atoms with van der Waals surface area (Å²) >= 11 is 0. The van der Waals surface area contributed by atoms with Crippen LogP contribution in [0.1, 0.15) is 6.42 Å². The summed E-state index contributed by atoms with van der Waals surface area (Å²) in [5.41, 5.74) is 0.740. The van der Waals surface area contributed by atoms with Gasteiger partial charge in [-0.1, -0.05) is 0 Å². The van der Waals surface area contributed by atoms with Gasteiger partial charge < -0.3 is 15.0 Å². The van der Waals surface area contributed by atoms with Crippen LogP contribution in [0.3, 0.4) is 0 Å². The molecule has 1 N–H and O–H groups in total. The zero-order valence-electron chi connectivity index (χ0n) is 15.1. The predicted octanol–water partition coefficient (Wildman–Crippen LogP) is 1.66. The first-order valence-corrected chi connectivity index (χ1v) is 8.71. The Kier molecular flexibility index (Phi) is 4.71. The summed E-state index contributed by atoms with van der Waals surface area (Å²) in [6.45, 7) is 0.314. The normalized spacial score (nSPS) is 16.2. The molecule has 2 aromatic heterocycles. The molecule has 3 aromatic rings. The number of rotatable bonds is 5. The fraction of sp³-hybridized carbons (Fsp3) is 0.211. The molecule has 0 spiro atoms. The first kappa shape index (κ1) is 17.7. The summed E-state index contributed by atoms with van der Waals surface area (Å²) < 4.78 is 6.71. The molecule has 28 heavy (non-hydrogen) atoms. The van der Waals surface area contributed by atoms with Gasteiger partial charge in [0, 0.05) is 37.1 Å². The van der Waals surface area contributed by atoms with Crippen LogP contribution in [-0.4, -0.2) is 45.2 Å². The van der Waals surface area contributed by atoms with Crippen LogP contribution in [0.15, 0.2) is 55.1 Å². The van der Waals surface area contributed by atoms with E-state index >= 15 is 0 Å². The zero-order valence-corrected chi connectivity index (χ0v) is 15.1. The van der Waals surface area contributed by atoms with E-state index in [2.05, 4.69) is 20.4 Å². The van der Waals surface area contributed by atoms with Crippen molar-refractivity contribution in [2.75, 3.05) is 23.9 Å². The lowest BCUT2D eigenvalue weighted by molar-refractivity contribution is -0.122. The lowest BCUT2D eigenvalue weighted by Gasteiger charge is -2.17. The highest BCUT2D eigenvalue weighted by Gasteiger charge is 2.35. The van der Waals surface area contributed by atoms with Crippen molar-refractivity contribution in [2.24, 2.45) is 5.92 Å². The number of anilines is 2. The number of methoxy groups -OCH3 is 1. The van der Waals surface area contributed by atoms with Gasteiger partial charge in [-0.2, -0.15) is 5.10 Å². The van der Waals surface area contributed by atoms with Crippen molar-refractivity contribution in [3.8, 4) is 11.6 Å². The Morgan fingerprint density at radius 1 is 1.25 bits per heavy atom. The number of amides is 2. The molecule has 1 saturated heterocycles. The second kappa shape index (κ2) is 7.47. The molecule has 4 rings (SSSR count). The van der Waals surface area contributed by atoms with Gasteiger partial charge in [0.2, 0.25) is 11.8 Å². The molecule has 3 heterocycles. The monoisotopic (exact) mass is 378 g/mol. The minimum Gasteiger partial charge on any atom is -0.497 e. The van der Waals surface area contributed by atoms with E-state index in [-0.39, 0.29) is 18.2 Å². The first-order chi connectivity index (χ1) is 13.6. The van der Waals surface area contributed by atoms with E-state index < -0.39 is 5.92 Å². The van der Waals surface area contributed by atoms with Gasteiger partial charge in [0.05, 0.1) is 13.0 Å². The number of benzene rings is 1. The third-order valence-electron chi connectivity index (χ3n) is 4.52. The van der Waals surface area contributed by atoms with Crippen LogP contribution < -0.4 is 15.0 Å². The fourth-order valence-corrected chi connectivity index (χ4v) is 3.07. The van der Waals surface area contributed by atoms with Gasteiger partial charge in [0.1, 0.15) is 17.9 Å². The van der Waals surface area contributed by atoms with Crippen LogP contribution in [0.4, 0.5) is 11.5 Å². The molecule has 1 fully saturated rings. The minimum atomic E-state index is -0.460. The Hall–Kier alpha value is -3.75. The molecule has 2 amide bonds. The summed E-state index contributed by atoms with van der Waals surface area (Å²) in [6, 6.07) is 10.6. The molecular weight excluding hydrogens is 360 g/mol. The number of ether oxygens (including phenoxy) is 1. The maximum Gasteiger partial charge on any atom is 0.230 e. The van der Waals surface area contributed by atoms with E-state index in [9.17, 15) is 9.59 Å². The second-order valence-electron chi connectivity index (χ2n) is 6.30. The maximum atomic E-state index is 12.6. The number of carbonyl (C=O) groups is 2. The van der Waals surface area contributed by atoms with Gasteiger partial charge in [-0.3, -0.25) is 9.59 Å². The van der Waals surface area contributed by atoms with E-state index in [1.165, 1.54) is 6.33 Å². The van der Waals surface area contributed by atoms with Gasteiger partial charge in [0.15, 0.2) is 5.82 Å². The van der Waals surface area contributed by atoms with Crippen molar-refractivity contribution in [1.29, 1.82) is 0 Å². The molecule has 9 heteroatoms. The largest absolute Gasteiger partial charge is 0.497 e. The van der Waals surface area contributed by atoms with Crippen LogP contribution in [0.25, 0.3) is 5.82 Å². The number of hydrogen-bond acceptors (Lipinski definition) is 6. The molecule has 1 aromatic carbocycles. The summed E-state index contributed by atoms with van der Waals surface area (Å²) in [6.07, 6.45) is 4.89. The standard InChI is InChI=1S/C19H18N6O3/c1-28-15-5-3-14(4-6-15)24-11-13(9-18(24)26)19(27)23-16-10-17(21-12-20-16)25-8-2-7-22-25/h2-8,10,12-13H,9,11H2,1H3,(H,20,21,23,27). The highest BCUT2D eigenvalue weighted by atomic mass is 16.5. The second-order valence-corrected chi connectivity index (χ2v) is 6.30. The summed E-state index contributed by atoms with van der Waals surface area (Å²) in [7, 11) is 1.58. The lowest BCUT2D eigenvalue weighted by Crippen LogP contribution is -2.28. The van der Waals surface area contributed by atoms with E-state index in [0.717, 1.165) is 5.69 Å². The topological polar surface area (TPSA) is 102 Å².